The van der Waals surface area contributed by atoms with E-state index >= 15 is 0 Å². The smallest absolute Gasteiger partial charge is 0.0523 e. The Morgan fingerprint density at radius 1 is 1.40 bits per heavy atom. The van der Waals surface area contributed by atoms with E-state index in [-0.39, 0.29) is 0 Å². The Balaban J connectivity index is 1.73. The summed E-state index contributed by atoms with van der Waals surface area (Å²) in [7, 11) is 0. The van der Waals surface area contributed by atoms with E-state index in [2.05, 4.69) is 4.98 Å². The number of thioether (sulfide) groups is 1. The first-order valence-electron chi connectivity index (χ1n) is 5.63. The van der Waals surface area contributed by atoms with E-state index in [0.29, 0.717) is 0 Å². The van der Waals surface area contributed by atoms with E-state index in [9.17, 15) is 0 Å². The molecule has 2 nitrogen and oxygen atoms in total. The zero-order valence-corrected chi connectivity index (χ0v) is 9.80. The van der Waals surface area contributed by atoms with Crippen molar-refractivity contribution >= 4 is 17.4 Å². The lowest BCUT2D eigenvalue weighted by atomic mass is 10.1. The summed E-state index contributed by atoms with van der Waals surface area (Å²) < 4.78 is 0. The molecule has 0 aliphatic heterocycles. The molecule has 1 fully saturated rings. The first-order chi connectivity index (χ1) is 7.34. The Labute approximate surface area is 95.7 Å². The van der Waals surface area contributed by atoms with Crippen LogP contribution in [-0.2, 0) is 5.75 Å². The van der Waals surface area contributed by atoms with Gasteiger partial charge in [0.25, 0.3) is 0 Å². The number of hydrogen-bond donors (Lipinski definition) is 1. The molecule has 1 aromatic heterocycles. The van der Waals surface area contributed by atoms with Crippen molar-refractivity contribution in [2.75, 3.05) is 11.5 Å². The van der Waals surface area contributed by atoms with Crippen molar-refractivity contribution in [3.63, 3.8) is 0 Å². The fourth-order valence-electron chi connectivity index (χ4n) is 2.08. The van der Waals surface area contributed by atoms with Gasteiger partial charge in [-0.2, -0.15) is 11.8 Å². The monoisotopic (exact) mass is 222 g/mol. The maximum Gasteiger partial charge on any atom is 0.0523 e. The van der Waals surface area contributed by atoms with Gasteiger partial charge in [-0.3, -0.25) is 4.98 Å². The Hall–Kier alpha value is -0.700. The molecule has 0 saturated heterocycles. The normalized spacial score (nSPS) is 17.1. The van der Waals surface area contributed by atoms with Gasteiger partial charge in [-0.25, -0.2) is 0 Å². The summed E-state index contributed by atoms with van der Waals surface area (Å²) in [5.74, 6) is 3.24. The fraction of sp³-hybridized carbons (Fsp3) is 0.583. The molecule has 82 valence electrons. The second kappa shape index (κ2) is 5.40. The molecule has 3 heteroatoms. The van der Waals surface area contributed by atoms with Gasteiger partial charge in [-0.1, -0.05) is 12.8 Å². The number of anilines is 1. The van der Waals surface area contributed by atoms with E-state index in [0.717, 1.165) is 23.1 Å². The standard InChI is InChI=1S/C12H18N2S/c13-11-5-6-14-12(7-11)9-15-8-10-3-1-2-4-10/h5-7,10H,1-4,8-9H2,(H2,13,14). The summed E-state index contributed by atoms with van der Waals surface area (Å²) in [6.45, 7) is 0. The van der Waals surface area contributed by atoms with Crippen molar-refractivity contribution in [2.24, 2.45) is 5.92 Å². The third kappa shape index (κ3) is 3.42. The van der Waals surface area contributed by atoms with Crippen LogP contribution in [0, 0.1) is 5.92 Å². The Bertz CT molecular complexity index is 308. The van der Waals surface area contributed by atoms with Gasteiger partial charge in [0.15, 0.2) is 0 Å². The summed E-state index contributed by atoms with van der Waals surface area (Å²) >= 11 is 1.99. The molecule has 0 aromatic carbocycles. The second-order valence-electron chi connectivity index (χ2n) is 4.25. The van der Waals surface area contributed by atoms with Gasteiger partial charge in [0, 0.05) is 17.6 Å². The van der Waals surface area contributed by atoms with Gasteiger partial charge in [0.1, 0.15) is 0 Å². The first-order valence-corrected chi connectivity index (χ1v) is 6.78. The molecular formula is C12H18N2S. The molecule has 0 amide bonds. The van der Waals surface area contributed by atoms with E-state index in [1.165, 1.54) is 31.4 Å². The number of nitrogen functional groups attached to an aromatic ring is 1. The van der Waals surface area contributed by atoms with Gasteiger partial charge in [-0.15, -0.1) is 0 Å². The molecule has 1 heterocycles. The molecule has 0 unspecified atom stereocenters. The summed E-state index contributed by atoms with van der Waals surface area (Å²) in [6.07, 6.45) is 7.51. The number of nitrogens with zero attached hydrogens (tertiary/aromatic N) is 1. The Morgan fingerprint density at radius 3 is 2.93 bits per heavy atom. The van der Waals surface area contributed by atoms with Crippen LogP contribution in [0.5, 0.6) is 0 Å². The van der Waals surface area contributed by atoms with E-state index in [4.69, 9.17) is 5.73 Å². The van der Waals surface area contributed by atoms with Crippen LogP contribution in [0.1, 0.15) is 31.4 Å². The lowest BCUT2D eigenvalue weighted by molar-refractivity contribution is 0.623. The molecule has 1 saturated carbocycles. The van der Waals surface area contributed by atoms with Gasteiger partial charge in [0.05, 0.1) is 5.69 Å². The van der Waals surface area contributed by atoms with Crippen LogP contribution < -0.4 is 5.73 Å². The summed E-state index contributed by atoms with van der Waals surface area (Å²) in [5, 5.41) is 0. The number of rotatable bonds is 4. The van der Waals surface area contributed by atoms with Crippen LogP contribution in [0.4, 0.5) is 5.69 Å². The van der Waals surface area contributed by atoms with Crippen LogP contribution >= 0.6 is 11.8 Å². The number of hydrogen-bond acceptors (Lipinski definition) is 3. The average Bonchev–Trinajstić information content (AvgIpc) is 2.71. The molecule has 0 radical (unpaired) electrons. The minimum atomic E-state index is 0.821. The topological polar surface area (TPSA) is 38.9 Å². The van der Waals surface area contributed by atoms with Crippen LogP contribution in [0.3, 0.4) is 0 Å². The fourth-order valence-corrected chi connectivity index (χ4v) is 3.23. The maximum absolute atomic E-state index is 5.70. The number of nitrogens with two attached hydrogens (primary N) is 1. The zero-order valence-electron chi connectivity index (χ0n) is 8.98. The second-order valence-corrected chi connectivity index (χ2v) is 5.28. The SMILES string of the molecule is Nc1ccnc(CSCC2CCCC2)c1. The summed E-state index contributed by atoms with van der Waals surface area (Å²) in [4.78, 5) is 4.30. The van der Waals surface area contributed by atoms with Crippen LogP contribution in [0.15, 0.2) is 18.3 Å². The molecule has 1 aromatic rings. The van der Waals surface area contributed by atoms with Crippen LogP contribution in [0.2, 0.25) is 0 Å². The van der Waals surface area contributed by atoms with E-state index in [1.807, 2.05) is 23.9 Å². The quantitative estimate of drug-likeness (QED) is 0.851. The Kier molecular flexibility index (Phi) is 3.89. The van der Waals surface area contributed by atoms with Crippen molar-refractivity contribution in [1.82, 2.24) is 4.98 Å². The van der Waals surface area contributed by atoms with Crippen molar-refractivity contribution in [2.45, 2.75) is 31.4 Å². The van der Waals surface area contributed by atoms with Crippen LogP contribution in [-0.4, -0.2) is 10.7 Å². The highest BCUT2D eigenvalue weighted by atomic mass is 32.2. The third-order valence-corrected chi connectivity index (χ3v) is 4.13. The highest BCUT2D eigenvalue weighted by molar-refractivity contribution is 7.98. The largest absolute Gasteiger partial charge is 0.399 e. The van der Waals surface area contributed by atoms with E-state index < -0.39 is 0 Å². The summed E-state index contributed by atoms with van der Waals surface area (Å²) in [6, 6.07) is 3.81. The molecule has 0 atom stereocenters. The van der Waals surface area contributed by atoms with Crippen LogP contribution in [0.25, 0.3) is 0 Å². The van der Waals surface area contributed by atoms with Crippen molar-refractivity contribution in [3.05, 3.63) is 24.0 Å². The van der Waals surface area contributed by atoms with Crippen molar-refractivity contribution in [3.8, 4) is 0 Å². The van der Waals surface area contributed by atoms with Gasteiger partial charge >= 0.3 is 0 Å². The predicted molar refractivity (Wildman–Crippen MR) is 66.8 cm³/mol. The first kappa shape index (κ1) is 10.8. The zero-order chi connectivity index (χ0) is 10.5. The van der Waals surface area contributed by atoms with Gasteiger partial charge < -0.3 is 5.73 Å². The lowest BCUT2D eigenvalue weighted by Gasteiger charge is -2.07. The minimum Gasteiger partial charge on any atom is -0.399 e. The average molecular weight is 222 g/mol. The predicted octanol–water partition coefficient (Wildman–Crippen LogP) is 3.09. The molecule has 1 aliphatic rings. The summed E-state index contributed by atoms with van der Waals surface area (Å²) in [5.41, 5.74) is 7.63. The van der Waals surface area contributed by atoms with E-state index in [1.54, 1.807) is 6.20 Å². The lowest BCUT2D eigenvalue weighted by Crippen LogP contribution is -1.98. The molecule has 1 aliphatic carbocycles. The number of pyridine rings is 1. The minimum absolute atomic E-state index is 0.821. The number of aromatic nitrogens is 1. The molecule has 2 rings (SSSR count). The highest BCUT2D eigenvalue weighted by Gasteiger charge is 2.14. The Morgan fingerprint density at radius 2 is 2.20 bits per heavy atom. The highest BCUT2D eigenvalue weighted by Crippen LogP contribution is 2.28. The van der Waals surface area contributed by atoms with Gasteiger partial charge in [0.2, 0.25) is 0 Å². The van der Waals surface area contributed by atoms with Crippen molar-refractivity contribution in [1.29, 1.82) is 0 Å². The maximum atomic E-state index is 5.70. The molecule has 0 bridgehead atoms. The molecular weight excluding hydrogens is 204 g/mol. The third-order valence-electron chi connectivity index (χ3n) is 2.92. The molecule has 15 heavy (non-hydrogen) atoms. The molecule has 0 spiro atoms. The molecule has 2 N–H and O–H groups in total. The van der Waals surface area contributed by atoms with Gasteiger partial charge in [-0.05, 0) is 36.6 Å². The van der Waals surface area contributed by atoms with Crippen molar-refractivity contribution < 1.29 is 0 Å².